The molecule has 0 amide bonds. The van der Waals surface area contributed by atoms with Gasteiger partial charge in [0.2, 0.25) is 0 Å². The zero-order valence-electron chi connectivity index (χ0n) is 11.5. The molecule has 0 atom stereocenters. The average molecular weight is 294 g/mol. The third-order valence-corrected chi connectivity index (χ3v) is 3.69. The summed E-state index contributed by atoms with van der Waals surface area (Å²) in [7, 11) is 0. The van der Waals surface area contributed by atoms with Gasteiger partial charge in [0.05, 0.1) is 16.5 Å². The lowest BCUT2D eigenvalue weighted by molar-refractivity contribution is -0.384. The number of hydrogen-bond acceptors (Lipinski definition) is 3. The van der Waals surface area contributed by atoms with Crippen LogP contribution in [0.2, 0.25) is 0 Å². The monoisotopic (exact) mass is 293 g/mol. The third-order valence-electron chi connectivity index (χ3n) is 3.42. The molecule has 1 heterocycles. The van der Waals surface area contributed by atoms with Crippen molar-refractivity contribution in [1.29, 1.82) is 0 Å². The van der Waals surface area contributed by atoms with E-state index in [9.17, 15) is 10.1 Å². The zero-order valence-corrected chi connectivity index (χ0v) is 12.2. The number of hydrogen-bond donors (Lipinski definition) is 0. The number of non-ortho nitro benzene ring substituents is 1. The Kier molecular flexibility index (Phi) is 4.39. The van der Waals surface area contributed by atoms with E-state index >= 15 is 0 Å². The Balaban J connectivity index is 2.07. The molecule has 6 heteroatoms. The fourth-order valence-corrected chi connectivity index (χ4v) is 2.55. The summed E-state index contributed by atoms with van der Waals surface area (Å²) in [5, 5.41) is 15.1. The first kappa shape index (κ1) is 14.5. The number of benzene rings is 1. The second kappa shape index (κ2) is 6.05. The average Bonchev–Trinajstić information content (AvgIpc) is 2.71. The largest absolute Gasteiger partial charge is 0.269 e. The van der Waals surface area contributed by atoms with E-state index < -0.39 is 4.92 Å². The first-order valence-corrected chi connectivity index (χ1v) is 6.88. The Morgan fingerprint density at radius 3 is 2.45 bits per heavy atom. The van der Waals surface area contributed by atoms with Gasteiger partial charge in [-0.05, 0) is 25.8 Å². The molecule has 0 bridgehead atoms. The van der Waals surface area contributed by atoms with E-state index in [0.29, 0.717) is 5.88 Å². The molecular weight excluding hydrogens is 278 g/mol. The maximum atomic E-state index is 10.6. The summed E-state index contributed by atoms with van der Waals surface area (Å²) in [6.45, 7) is 4.70. The van der Waals surface area contributed by atoms with Gasteiger partial charge in [-0.2, -0.15) is 5.10 Å². The molecule has 0 saturated heterocycles. The molecular formula is C14H16ClN3O2. The van der Waals surface area contributed by atoms with Crippen molar-refractivity contribution in [2.45, 2.75) is 32.7 Å². The van der Waals surface area contributed by atoms with Crippen LogP contribution in [-0.4, -0.2) is 14.7 Å². The molecule has 1 aromatic carbocycles. The van der Waals surface area contributed by atoms with Crippen LogP contribution >= 0.6 is 11.6 Å². The summed E-state index contributed by atoms with van der Waals surface area (Å²) in [6.07, 6.45) is 0.779. The predicted molar refractivity (Wildman–Crippen MR) is 78.1 cm³/mol. The molecule has 5 nitrogen and oxygen atoms in total. The van der Waals surface area contributed by atoms with Gasteiger partial charge >= 0.3 is 0 Å². The van der Waals surface area contributed by atoms with Crippen molar-refractivity contribution < 1.29 is 4.92 Å². The van der Waals surface area contributed by atoms with Crippen molar-refractivity contribution in [2.75, 3.05) is 0 Å². The molecule has 0 aliphatic carbocycles. The quantitative estimate of drug-likeness (QED) is 0.482. The van der Waals surface area contributed by atoms with Crippen LogP contribution in [-0.2, 0) is 18.8 Å². The lowest BCUT2D eigenvalue weighted by Gasteiger charge is -2.05. The Morgan fingerprint density at radius 1 is 1.30 bits per heavy atom. The minimum atomic E-state index is -0.391. The lowest BCUT2D eigenvalue weighted by Crippen LogP contribution is -2.05. The van der Waals surface area contributed by atoms with E-state index in [0.717, 1.165) is 35.5 Å². The van der Waals surface area contributed by atoms with Crippen LogP contribution < -0.4 is 0 Å². The second-order valence-corrected chi connectivity index (χ2v) is 4.95. The van der Waals surface area contributed by atoms with Crippen molar-refractivity contribution >= 4 is 17.3 Å². The Morgan fingerprint density at radius 2 is 1.95 bits per heavy atom. The fourth-order valence-electron chi connectivity index (χ4n) is 2.16. The summed E-state index contributed by atoms with van der Waals surface area (Å²) < 4.78 is 1.94. The predicted octanol–water partition coefficient (Wildman–Crippen LogP) is 3.39. The van der Waals surface area contributed by atoms with Gasteiger partial charge in [0.25, 0.3) is 5.69 Å². The summed E-state index contributed by atoms with van der Waals surface area (Å²) in [4.78, 5) is 10.2. The number of nitrogens with zero attached hydrogens (tertiary/aromatic N) is 3. The van der Waals surface area contributed by atoms with Gasteiger partial charge < -0.3 is 0 Å². The third kappa shape index (κ3) is 2.99. The molecule has 0 unspecified atom stereocenters. The Hall–Kier alpha value is -1.88. The molecule has 106 valence electrons. The van der Waals surface area contributed by atoms with Gasteiger partial charge in [-0.1, -0.05) is 12.1 Å². The number of rotatable bonds is 5. The number of nitro benzene ring substituents is 1. The van der Waals surface area contributed by atoms with Crippen LogP contribution in [0.5, 0.6) is 0 Å². The van der Waals surface area contributed by atoms with Gasteiger partial charge in [-0.25, -0.2) is 0 Å². The highest BCUT2D eigenvalue weighted by Crippen LogP contribution is 2.17. The summed E-state index contributed by atoms with van der Waals surface area (Å²) >= 11 is 5.90. The van der Waals surface area contributed by atoms with E-state index in [-0.39, 0.29) is 5.69 Å². The van der Waals surface area contributed by atoms with Gasteiger partial charge in [0, 0.05) is 29.9 Å². The van der Waals surface area contributed by atoms with Crippen molar-refractivity contribution in [3.63, 3.8) is 0 Å². The van der Waals surface area contributed by atoms with E-state index in [1.807, 2.05) is 18.5 Å². The molecule has 1 aromatic heterocycles. The van der Waals surface area contributed by atoms with Crippen LogP contribution in [0.4, 0.5) is 5.69 Å². The zero-order chi connectivity index (χ0) is 14.7. The maximum absolute atomic E-state index is 10.6. The van der Waals surface area contributed by atoms with E-state index in [2.05, 4.69) is 5.10 Å². The van der Waals surface area contributed by atoms with E-state index in [4.69, 9.17) is 11.6 Å². The topological polar surface area (TPSA) is 61.0 Å². The van der Waals surface area contributed by atoms with Crippen molar-refractivity contribution in [1.82, 2.24) is 9.78 Å². The van der Waals surface area contributed by atoms with Gasteiger partial charge in [0.1, 0.15) is 0 Å². The molecule has 20 heavy (non-hydrogen) atoms. The minimum absolute atomic E-state index is 0.115. The number of alkyl halides is 1. The summed E-state index contributed by atoms with van der Waals surface area (Å²) in [6, 6.07) is 6.63. The maximum Gasteiger partial charge on any atom is 0.269 e. The molecule has 2 rings (SSSR count). The highest BCUT2D eigenvalue weighted by Gasteiger charge is 2.10. The summed E-state index contributed by atoms with van der Waals surface area (Å²) in [5.41, 5.74) is 4.29. The molecule has 0 N–H and O–H groups in total. The van der Waals surface area contributed by atoms with E-state index in [1.54, 1.807) is 12.1 Å². The van der Waals surface area contributed by atoms with Crippen LogP contribution in [0.15, 0.2) is 24.3 Å². The van der Waals surface area contributed by atoms with Crippen LogP contribution in [0.1, 0.15) is 22.5 Å². The number of halogens is 1. The molecule has 0 saturated carbocycles. The van der Waals surface area contributed by atoms with Crippen LogP contribution in [0.3, 0.4) is 0 Å². The number of nitro groups is 1. The van der Waals surface area contributed by atoms with Crippen LogP contribution in [0.25, 0.3) is 0 Å². The Labute approximate surface area is 122 Å². The molecule has 2 aromatic rings. The Bertz CT molecular complexity index is 620. The molecule has 0 spiro atoms. The van der Waals surface area contributed by atoms with Gasteiger partial charge in [-0.15, -0.1) is 11.6 Å². The highest BCUT2D eigenvalue weighted by molar-refractivity contribution is 6.17. The summed E-state index contributed by atoms with van der Waals surface area (Å²) in [5.74, 6) is 0.467. The first-order chi connectivity index (χ1) is 9.52. The number of aryl methyl sites for hydroxylation is 3. The first-order valence-electron chi connectivity index (χ1n) is 6.35. The SMILES string of the molecule is Cc1nn(CCc2ccc([N+](=O)[O-])cc2)c(C)c1CCl. The van der Waals surface area contributed by atoms with Crippen molar-refractivity contribution in [2.24, 2.45) is 0 Å². The molecule has 0 aliphatic rings. The van der Waals surface area contributed by atoms with Crippen LogP contribution in [0, 0.1) is 24.0 Å². The van der Waals surface area contributed by atoms with Gasteiger partial charge in [0.15, 0.2) is 0 Å². The molecule has 0 aliphatic heterocycles. The van der Waals surface area contributed by atoms with Crippen molar-refractivity contribution in [3.05, 3.63) is 56.9 Å². The molecule has 0 radical (unpaired) electrons. The minimum Gasteiger partial charge on any atom is -0.269 e. The number of aromatic nitrogens is 2. The highest BCUT2D eigenvalue weighted by atomic mass is 35.5. The standard InChI is InChI=1S/C14H16ClN3O2/c1-10-14(9-15)11(2)17(16-10)8-7-12-3-5-13(6-4-12)18(19)20/h3-6H,7-9H2,1-2H3. The lowest BCUT2D eigenvalue weighted by atomic mass is 10.1. The second-order valence-electron chi connectivity index (χ2n) is 4.68. The normalized spacial score (nSPS) is 10.8. The van der Waals surface area contributed by atoms with Gasteiger partial charge in [-0.3, -0.25) is 14.8 Å². The fraction of sp³-hybridized carbons (Fsp3) is 0.357. The van der Waals surface area contributed by atoms with E-state index in [1.165, 1.54) is 12.1 Å². The molecule has 0 fully saturated rings. The smallest absolute Gasteiger partial charge is 0.269 e. The van der Waals surface area contributed by atoms with Crippen molar-refractivity contribution in [3.8, 4) is 0 Å².